The van der Waals surface area contributed by atoms with Gasteiger partial charge in [-0.1, -0.05) is 6.07 Å². The van der Waals surface area contributed by atoms with Gasteiger partial charge in [-0.2, -0.15) is 5.26 Å². The molecule has 0 fully saturated rings. The van der Waals surface area contributed by atoms with Gasteiger partial charge in [0.05, 0.1) is 5.69 Å². The number of fused-ring (bicyclic) bond motifs is 1. The van der Waals surface area contributed by atoms with Crippen molar-refractivity contribution in [3.8, 4) is 6.07 Å². The lowest BCUT2D eigenvalue weighted by atomic mass is 9.98. The Labute approximate surface area is 156 Å². The number of aryl methyl sites for hydroxylation is 1. The Bertz CT molecular complexity index is 1000. The Morgan fingerprint density at radius 3 is 2.89 bits per heavy atom. The summed E-state index contributed by atoms with van der Waals surface area (Å²) in [6.07, 6.45) is 1.07. The van der Waals surface area contributed by atoms with Crippen molar-refractivity contribution in [3.05, 3.63) is 61.8 Å². The topological polar surface area (TPSA) is 97.8 Å². The molecule has 0 saturated heterocycles. The van der Waals surface area contributed by atoms with Crippen molar-refractivity contribution in [2.45, 2.75) is 39.7 Å². The van der Waals surface area contributed by atoms with E-state index in [-0.39, 0.29) is 29.4 Å². The molecule has 0 atom stereocenters. The van der Waals surface area contributed by atoms with Crippen LogP contribution in [-0.2, 0) is 24.2 Å². The Morgan fingerprint density at radius 1 is 1.37 bits per heavy atom. The molecule has 3 N–H and O–H groups in total. The second kappa shape index (κ2) is 7.72. The molecule has 1 aliphatic heterocycles. The van der Waals surface area contributed by atoms with E-state index in [0.717, 1.165) is 11.1 Å². The largest absolute Gasteiger partial charge is 0.325 e. The minimum absolute atomic E-state index is 0.0605. The molecule has 140 valence electrons. The maximum Gasteiger partial charge on any atom is 0.266 e. The number of hydrogen-bond acceptors (Lipinski definition) is 4. The molecule has 0 spiro atoms. The molecule has 1 aliphatic rings. The van der Waals surface area contributed by atoms with Crippen LogP contribution in [0.1, 0.15) is 39.9 Å². The first kappa shape index (κ1) is 18.8. The van der Waals surface area contributed by atoms with Crippen molar-refractivity contribution in [3.63, 3.8) is 0 Å². The lowest BCUT2D eigenvalue weighted by molar-refractivity contribution is -0.116. The zero-order chi connectivity index (χ0) is 19.6. The maximum absolute atomic E-state index is 14.6. The van der Waals surface area contributed by atoms with Gasteiger partial charge in [-0.3, -0.25) is 9.59 Å². The van der Waals surface area contributed by atoms with Crippen LogP contribution in [-0.4, -0.2) is 17.4 Å². The minimum Gasteiger partial charge on any atom is -0.325 e. The third kappa shape index (κ3) is 3.76. The van der Waals surface area contributed by atoms with Crippen molar-refractivity contribution in [2.24, 2.45) is 0 Å². The molecule has 1 aromatic heterocycles. The quantitative estimate of drug-likeness (QED) is 0.771. The summed E-state index contributed by atoms with van der Waals surface area (Å²) in [5, 5.41) is 14.9. The second-order valence-electron chi connectivity index (χ2n) is 6.71. The Kier molecular flexibility index (Phi) is 5.38. The van der Waals surface area contributed by atoms with Crippen molar-refractivity contribution in [2.75, 3.05) is 11.9 Å². The molecule has 7 heteroatoms. The third-order valence-corrected chi connectivity index (χ3v) is 5.00. The number of hydrogen-bond donors (Lipinski definition) is 3. The summed E-state index contributed by atoms with van der Waals surface area (Å²) in [7, 11) is 0. The number of rotatable bonds is 4. The highest BCUT2D eigenvalue weighted by atomic mass is 19.1. The predicted molar refractivity (Wildman–Crippen MR) is 100 cm³/mol. The first-order chi connectivity index (χ1) is 12.9. The number of nitriles is 1. The van der Waals surface area contributed by atoms with Gasteiger partial charge in [0.15, 0.2) is 0 Å². The van der Waals surface area contributed by atoms with Gasteiger partial charge >= 0.3 is 0 Å². The third-order valence-electron chi connectivity index (χ3n) is 5.00. The molecule has 3 rings (SSSR count). The molecule has 0 aliphatic carbocycles. The van der Waals surface area contributed by atoms with E-state index in [0.29, 0.717) is 42.8 Å². The zero-order valence-corrected chi connectivity index (χ0v) is 15.3. The number of benzene rings is 1. The molecule has 0 saturated carbocycles. The summed E-state index contributed by atoms with van der Waals surface area (Å²) >= 11 is 0. The number of pyridine rings is 1. The molecule has 27 heavy (non-hydrogen) atoms. The zero-order valence-electron chi connectivity index (χ0n) is 15.3. The second-order valence-corrected chi connectivity index (χ2v) is 6.71. The number of amides is 1. The first-order valence-corrected chi connectivity index (χ1v) is 8.85. The number of H-pyrrole nitrogens is 1. The van der Waals surface area contributed by atoms with Gasteiger partial charge in [-0.25, -0.2) is 4.39 Å². The first-order valence-electron chi connectivity index (χ1n) is 8.85. The van der Waals surface area contributed by atoms with Gasteiger partial charge in [0.1, 0.15) is 17.4 Å². The number of aromatic amines is 1. The van der Waals surface area contributed by atoms with Crippen molar-refractivity contribution < 1.29 is 9.18 Å². The van der Waals surface area contributed by atoms with Gasteiger partial charge in [0.25, 0.3) is 5.56 Å². The van der Waals surface area contributed by atoms with E-state index in [1.807, 2.05) is 12.1 Å². The van der Waals surface area contributed by atoms with E-state index in [9.17, 15) is 14.0 Å². The molecule has 1 amide bonds. The number of anilines is 1. The van der Waals surface area contributed by atoms with Crippen molar-refractivity contribution in [1.29, 1.82) is 5.26 Å². The lowest BCUT2D eigenvalue weighted by Gasteiger charge is -2.19. The van der Waals surface area contributed by atoms with Gasteiger partial charge in [0, 0.05) is 18.7 Å². The number of nitrogens with one attached hydrogen (secondary N) is 3. The van der Waals surface area contributed by atoms with E-state index in [1.165, 1.54) is 0 Å². The number of aromatic nitrogens is 1. The molecular weight excluding hydrogens is 347 g/mol. The lowest BCUT2D eigenvalue weighted by Crippen LogP contribution is -2.25. The monoisotopic (exact) mass is 368 g/mol. The van der Waals surface area contributed by atoms with Crippen LogP contribution >= 0.6 is 0 Å². The minimum atomic E-state index is -0.425. The molecule has 6 nitrogen and oxygen atoms in total. The SMILES string of the molecule is Cc1[nH]c(=O)c(C#N)c(C)c1CCC(=O)Nc1ccc2c(c1F)CCNC2. The average Bonchev–Trinajstić information content (AvgIpc) is 2.64. The molecule has 0 unspecified atom stereocenters. The fraction of sp³-hybridized carbons (Fsp3) is 0.350. The highest BCUT2D eigenvalue weighted by Gasteiger charge is 2.18. The van der Waals surface area contributed by atoms with Crippen LogP contribution < -0.4 is 16.2 Å². The number of halogens is 1. The summed E-state index contributed by atoms with van der Waals surface area (Å²) in [6, 6.07) is 5.31. The predicted octanol–water partition coefficient (Wildman–Crippen LogP) is 2.22. The summed E-state index contributed by atoms with van der Waals surface area (Å²) in [4.78, 5) is 26.7. The Morgan fingerprint density at radius 2 is 2.15 bits per heavy atom. The fourth-order valence-electron chi connectivity index (χ4n) is 3.50. The van der Waals surface area contributed by atoms with E-state index in [4.69, 9.17) is 5.26 Å². The summed E-state index contributed by atoms with van der Waals surface area (Å²) in [5.41, 5.74) is 3.37. The molecule has 0 bridgehead atoms. The highest BCUT2D eigenvalue weighted by molar-refractivity contribution is 5.91. The summed E-state index contributed by atoms with van der Waals surface area (Å²) in [5.74, 6) is -0.684. The molecule has 2 heterocycles. The normalized spacial score (nSPS) is 13.0. The summed E-state index contributed by atoms with van der Waals surface area (Å²) < 4.78 is 14.6. The molecule has 1 aromatic carbocycles. The van der Waals surface area contributed by atoms with E-state index in [1.54, 1.807) is 19.9 Å². The smallest absolute Gasteiger partial charge is 0.266 e. The van der Waals surface area contributed by atoms with Gasteiger partial charge in [-0.05, 0) is 61.6 Å². The van der Waals surface area contributed by atoms with Crippen LogP contribution in [0.2, 0.25) is 0 Å². The van der Waals surface area contributed by atoms with Crippen LogP contribution in [0.4, 0.5) is 10.1 Å². The van der Waals surface area contributed by atoms with Crippen LogP contribution in [0.15, 0.2) is 16.9 Å². The van der Waals surface area contributed by atoms with Gasteiger partial charge in [-0.15, -0.1) is 0 Å². The highest BCUT2D eigenvalue weighted by Crippen LogP contribution is 2.25. The van der Waals surface area contributed by atoms with E-state index < -0.39 is 5.56 Å². The maximum atomic E-state index is 14.6. The number of carbonyl (C=O) groups is 1. The van der Waals surface area contributed by atoms with Crippen molar-refractivity contribution >= 4 is 11.6 Å². The fourth-order valence-corrected chi connectivity index (χ4v) is 3.50. The number of nitrogens with zero attached hydrogens (tertiary/aromatic N) is 1. The number of carbonyl (C=O) groups excluding carboxylic acids is 1. The van der Waals surface area contributed by atoms with E-state index >= 15 is 0 Å². The van der Waals surface area contributed by atoms with Crippen LogP contribution in [0.3, 0.4) is 0 Å². The van der Waals surface area contributed by atoms with Gasteiger partial charge in [0.2, 0.25) is 5.91 Å². The average molecular weight is 368 g/mol. The van der Waals surface area contributed by atoms with Crippen LogP contribution in [0.5, 0.6) is 0 Å². The van der Waals surface area contributed by atoms with E-state index in [2.05, 4.69) is 15.6 Å². The molecular formula is C20H21FN4O2. The standard InChI is InChI=1S/C20H21FN4O2/c1-11-14(12(2)24-20(27)16(11)9-22)4-6-18(26)25-17-5-3-13-10-23-8-7-15(13)19(17)21/h3,5,23H,4,6-8,10H2,1-2H3,(H,24,27)(H,25,26). The molecule has 0 radical (unpaired) electrons. The Hall–Kier alpha value is -2.98. The van der Waals surface area contributed by atoms with Gasteiger partial charge < -0.3 is 15.6 Å². The molecule has 2 aromatic rings. The van der Waals surface area contributed by atoms with Crippen LogP contribution in [0.25, 0.3) is 0 Å². The summed E-state index contributed by atoms with van der Waals surface area (Å²) in [6.45, 7) is 4.78. The van der Waals surface area contributed by atoms with Crippen LogP contribution in [0, 0.1) is 31.0 Å². The van der Waals surface area contributed by atoms with Crippen molar-refractivity contribution in [1.82, 2.24) is 10.3 Å². The Balaban J connectivity index is 1.73.